The van der Waals surface area contributed by atoms with Crippen LogP contribution in [-0.4, -0.2) is 6.54 Å². The third-order valence-electron chi connectivity index (χ3n) is 4.94. The second-order valence-corrected chi connectivity index (χ2v) is 6.69. The van der Waals surface area contributed by atoms with Crippen LogP contribution in [-0.2, 0) is 0 Å². The Balaban J connectivity index is 2.18. The molecule has 1 aromatic carbocycles. The van der Waals surface area contributed by atoms with Crippen molar-refractivity contribution in [1.82, 2.24) is 5.32 Å². The smallest absolute Gasteiger partial charge is 0.0325 e. The highest BCUT2D eigenvalue weighted by atomic mass is 14.9. The molecule has 1 unspecified atom stereocenters. The van der Waals surface area contributed by atoms with Crippen molar-refractivity contribution in [2.24, 2.45) is 5.92 Å². The van der Waals surface area contributed by atoms with Gasteiger partial charge in [0.05, 0.1) is 0 Å². The minimum atomic E-state index is 0.553. The van der Waals surface area contributed by atoms with Gasteiger partial charge in [0.2, 0.25) is 0 Å². The summed E-state index contributed by atoms with van der Waals surface area (Å²) < 4.78 is 0. The molecule has 1 aliphatic rings. The van der Waals surface area contributed by atoms with Crippen LogP contribution in [0.5, 0.6) is 0 Å². The van der Waals surface area contributed by atoms with E-state index in [0.29, 0.717) is 6.04 Å². The van der Waals surface area contributed by atoms with Gasteiger partial charge in [-0.3, -0.25) is 0 Å². The quantitative estimate of drug-likeness (QED) is 0.748. The van der Waals surface area contributed by atoms with Crippen molar-refractivity contribution in [3.8, 4) is 0 Å². The molecule has 2 rings (SSSR count). The molecule has 1 aromatic rings. The highest BCUT2D eigenvalue weighted by Crippen LogP contribution is 2.34. The molecular weight excluding hydrogens is 242 g/mol. The summed E-state index contributed by atoms with van der Waals surface area (Å²) >= 11 is 0. The van der Waals surface area contributed by atoms with E-state index in [-0.39, 0.29) is 0 Å². The molecule has 0 heterocycles. The molecule has 0 amide bonds. The number of nitrogens with one attached hydrogen (secondary N) is 1. The zero-order valence-electron chi connectivity index (χ0n) is 13.8. The van der Waals surface area contributed by atoms with Gasteiger partial charge in [0.15, 0.2) is 0 Å². The van der Waals surface area contributed by atoms with E-state index in [1.54, 1.807) is 0 Å². The topological polar surface area (TPSA) is 12.0 Å². The van der Waals surface area contributed by atoms with Crippen LogP contribution in [0, 0.1) is 26.7 Å². The molecular formula is C19H31N. The zero-order chi connectivity index (χ0) is 14.5. The molecule has 20 heavy (non-hydrogen) atoms. The van der Waals surface area contributed by atoms with Crippen molar-refractivity contribution in [3.05, 3.63) is 34.4 Å². The SMILES string of the molecule is CCCNC(CC1CCCC1)c1cc(C)c(C)cc1C. The van der Waals surface area contributed by atoms with Crippen LogP contribution in [0.2, 0.25) is 0 Å². The Kier molecular flexibility index (Phi) is 5.65. The van der Waals surface area contributed by atoms with Crippen molar-refractivity contribution >= 4 is 0 Å². The first-order valence-electron chi connectivity index (χ1n) is 8.43. The van der Waals surface area contributed by atoms with Crippen LogP contribution in [0.4, 0.5) is 0 Å². The van der Waals surface area contributed by atoms with E-state index in [9.17, 15) is 0 Å². The summed E-state index contributed by atoms with van der Waals surface area (Å²) in [6.45, 7) is 10.1. The molecule has 1 N–H and O–H groups in total. The number of aryl methyl sites for hydroxylation is 3. The Bertz CT molecular complexity index is 430. The van der Waals surface area contributed by atoms with Gasteiger partial charge in [-0.25, -0.2) is 0 Å². The Morgan fingerprint density at radius 1 is 1.05 bits per heavy atom. The lowest BCUT2D eigenvalue weighted by molar-refractivity contribution is 0.394. The largest absolute Gasteiger partial charge is 0.310 e. The van der Waals surface area contributed by atoms with Gasteiger partial charge in [0, 0.05) is 6.04 Å². The standard InChI is InChI=1S/C19H31N/c1-5-10-20-19(13-17-8-6-7-9-17)18-12-15(3)14(2)11-16(18)4/h11-12,17,19-20H,5-10,13H2,1-4H3. The van der Waals surface area contributed by atoms with E-state index in [1.165, 1.54) is 60.8 Å². The lowest BCUT2D eigenvalue weighted by Crippen LogP contribution is -2.25. The summed E-state index contributed by atoms with van der Waals surface area (Å²) in [7, 11) is 0. The number of hydrogen-bond donors (Lipinski definition) is 1. The van der Waals surface area contributed by atoms with Gasteiger partial charge in [-0.2, -0.15) is 0 Å². The molecule has 112 valence electrons. The van der Waals surface area contributed by atoms with Crippen molar-refractivity contribution < 1.29 is 0 Å². The molecule has 1 fully saturated rings. The summed E-state index contributed by atoms with van der Waals surface area (Å²) in [4.78, 5) is 0. The number of hydrogen-bond acceptors (Lipinski definition) is 1. The zero-order valence-corrected chi connectivity index (χ0v) is 13.8. The highest BCUT2D eigenvalue weighted by molar-refractivity contribution is 5.38. The maximum atomic E-state index is 3.80. The van der Waals surface area contributed by atoms with E-state index in [0.717, 1.165) is 12.5 Å². The molecule has 1 saturated carbocycles. The van der Waals surface area contributed by atoms with Crippen molar-refractivity contribution in [2.45, 2.75) is 72.3 Å². The Morgan fingerprint density at radius 3 is 2.35 bits per heavy atom. The maximum absolute atomic E-state index is 3.80. The summed E-state index contributed by atoms with van der Waals surface area (Å²) in [6, 6.07) is 5.34. The third-order valence-corrected chi connectivity index (χ3v) is 4.94. The Labute approximate surface area is 125 Å². The summed E-state index contributed by atoms with van der Waals surface area (Å²) in [5.74, 6) is 0.936. The van der Waals surface area contributed by atoms with E-state index in [1.807, 2.05) is 0 Å². The fourth-order valence-electron chi connectivity index (χ4n) is 3.58. The first-order valence-corrected chi connectivity index (χ1v) is 8.43. The second kappa shape index (κ2) is 7.26. The molecule has 0 bridgehead atoms. The monoisotopic (exact) mass is 273 g/mol. The minimum absolute atomic E-state index is 0.553. The summed E-state index contributed by atoms with van der Waals surface area (Å²) in [6.07, 6.45) is 8.30. The first kappa shape index (κ1) is 15.6. The lowest BCUT2D eigenvalue weighted by atomic mass is 9.89. The molecule has 0 aromatic heterocycles. The summed E-state index contributed by atoms with van der Waals surface area (Å²) in [5.41, 5.74) is 5.84. The molecule has 1 atom stereocenters. The number of benzene rings is 1. The van der Waals surface area contributed by atoms with Crippen molar-refractivity contribution in [3.63, 3.8) is 0 Å². The fourth-order valence-corrected chi connectivity index (χ4v) is 3.58. The fraction of sp³-hybridized carbons (Fsp3) is 0.684. The van der Waals surface area contributed by atoms with Gasteiger partial charge in [-0.05, 0) is 68.3 Å². The van der Waals surface area contributed by atoms with Gasteiger partial charge in [-0.15, -0.1) is 0 Å². The molecule has 1 heteroatoms. The van der Waals surface area contributed by atoms with E-state index < -0.39 is 0 Å². The molecule has 0 aliphatic heterocycles. The van der Waals surface area contributed by atoms with Crippen molar-refractivity contribution in [2.75, 3.05) is 6.54 Å². The number of rotatable bonds is 6. The lowest BCUT2D eigenvalue weighted by Gasteiger charge is -2.25. The van der Waals surface area contributed by atoms with E-state index in [2.05, 4.69) is 45.1 Å². The first-order chi connectivity index (χ1) is 9.61. The predicted molar refractivity (Wildman–Crippen MR) is 88.3 cm³/mol. The van der Waals surface area contributed by atoms with E-state index >= 15 is 0 Å². The average molecular weight is 273 g/mol. The van der Waals surface area contributed by atoms with Gasteiger partial charge in [0.1, 0.15) is 0 Å². The Hall–Kier alpha value is -0.820. The molecule has 0 radical (unpaired) electrons. The summed E-state index contributed by atoms with van der Waals surface area (Å²) in [5, 5.41) is 3.80. The second-order valence-electron chi connectivity index (χ2n) is 6.69. The van der Waals surface area contributed by atoms with Crippen LogP contribution in [0.25, 0.3) is 0 Å². The predicted octanol–water partition coefficient (Wildman–Crippen LogP) is 5.23. The molecule has 0 saturated heterocycles. The normalized spacial score (nSPS) is 17.6. The van der Waals surface area contributed by atoms with Crippen LogP contribution < -0.4 is 5.32 Å². The van der Waals surface area contributed by atoms with Crippen LogP contribution in [0.1, 0.15) is 73.7 Å². The third kappa shape index (κ3) is 3.85. The van der Waals surface area contributed by atoms with Gasteiger partial charge in [-0.1, -0.05) is 44.7 Å². The average Bonchev–Trinajstić information content (AvgIpc) is 2.92. The van der Waals surface area contributed by atoms with Crippen molar-refractivity contribution in [1.29, 1.82) is 0 Å². The maximum Gasteiger partial charge on any atom is 0.0325 e. The minimum Gasteiger partial charge on any atom is -0.310 e. The van der Waals surface area contributed by atoms with Crippen LogP contribution >= 0.6 is 0 Å². The Morgan fingerprint density at radius 2 is 1.70 bits per heavy atom. The van der Waals surface area contributed by atoms with Gasteiger partial charge >= 0.3 is 0 Å². The van der Waals surface area contributed by atoms with Gasteiger partial charge in [0.25, 0.3) is 0 Å². The van der Waals surface area contributed by atoms with Crippen LogP contribution in [0.15, 0.2) is 12.1 Å². The van der Waals surface area contributed by atoms with Gasteiger partial charge < -0.3 is 5.32 Å². The van der Waals surface area contributed by atoms with Crippen LogP contribution in [0.3, 0.4) is 0 Å². The molecule has 1 nitrogen and oxygen atoms in total. The molecule has 0 spiro atoms. The highest BCUT2D eigenvalue weighted by Gasteiger charge is 2.22. The molecule has 1 aliphatic carbocycles. The van der Waals surface area contributed by atoms with E-state index in [4.69, 9.17) is 0 Å².